The van der Waals surface area contributed by atoms with Gasteiger partial charge in [-0.1, -0.05) is 53.5 Å². The maximum atomic E-state index is 10.2. The number of benzene rings is 1. The molecule has 1 rings (SSSR count). The summed E-state index contributed by atoms with van der Waals surface area (Å²) >= 11 is 11.3. The van der Waals surface area contributed by atoms with E-state index in [0.29, 0.717) is 0 Å². The van der Waals surface area contributed by atoms with Crippen LogP contribution >= 0.6 is 23.2 Å². The van der Waals surface area contributed by atoms with Gasteiger partial charge in [-0.05, 0) is 5.56 Å². The van der Waals surface area contributed by atoms with Crippen molar-refractivity contribution in [2.24, 2.45) is 0 Å². The molecule has 0 spiro atoms. The van der Waals surface area contributed by atoms with E-state index >= 15 is 0 Å². The average Bonchev–Trinajstić information content (AvgIpc) is 2.02. The van der Waals surface area contributed by atoms with E-state index in [2.05, 4.69) is 4.74 Å². The molecule has 0 bridgehead atoms. The molecular formula is C9H8Cl2O3. The molecule has 5 heteroatoms. The van der Waals surface area contributed by atoms with Crippen LogP contribution in [0.1, 0.15) is 5.56 Å². The molecule has 3 nitrogen and oxygen atoms in total. The molecule has 0 amide bonds. The van der Waals surface area contributed by atoms with Crippen LogP contribution < -0.4 is 0 Å². The van der Waals surface area contributed by atoms with Crippen LogP contribution in [0.5, 0.6) is 0 Å². The van der Waals surface area contributed by atoms with E-state index < -0.39 is 10.7 Å². The predicted octanol–water partition coefficient (Wildman–Crippen LogP) is 3.06. The standard InChI is InChI=1S/C9H8Cl2O3/c10-9(11,14-8(12)13)6-7-4-2-1-3-5-7/h1-5H,6H2,(H,12,13). The molecule has 0 saturated carbocycles. The zero-order valence-corrected chi connectivity index (χ0v) is 8.63. The first-order valence-electron chi connectivity index (χ1n) is 3.83. The number of alkyl halides is 2. The van der Waals surface area contributed by atoms with Crippen molar-refractivity contribution in [2.45, 2.75) is 10.9 Å². The zero-order valence-electron chi connectivity index (χ0n) is 7.11. The lowest BCUT2D eigenvalue weighted by molar-refractivity contribution is 0.0656. The van der Waals surface area contributed by atoms with Crippen molar-refractivity contribution in [1.29, 1.82) is 0 Å². The van der Waals surface area contributed by atoms with Crippen LogP contribution in [0, 0.1) is 0 Å². The predicted molar refractivity (Wildman–Crippen MR) is 53.7 cm³/mol. The second-order valence-electron chi connectivity index (χ2n) is 2.67. The largest absolute Gasteiger partial charge is 0.508 e. The summed E-state index contributed by atoms with van der Waals surface area (Å²) in [6, 6.07) is 9.01. The average molecular weight is 235 g/mol. The van der Waals surface area contributed by atoms with E-state index in [1.807, 2.05) is 6.07 Å². The fourth-order valence-corrected chi connectivity index (χ4v) is 1.44. The molecule has 0 heterocycles. The number of carbonyl (C=O) groups is 1. The Hall–Kier alpha value is -0.930. The van der Waals surface area contributed by atoms with Crippen molar-refractivity contribution in [3.63, 3.8) is 0 Å². The van der Waals surface area contributed by atoms with Crippen molar-refractivity contribution in [3.8, 4) is 0 Å². The van der Waals surface area contributed by atoms with E-state index in [9.17, 15) is 4.79 Å². The second-order valence-corrected chi connectivity index (χ2v) is 4.08. The third kappa shape index (κ3) is 3.85. The van der Waals surface area contributed by atoms with Gasteiger partial charge in [0.2, 0.25) is 0 Å². The second kappa shape index (κ2) is 4.53. The first-order chi connectivity index (χ1) is 6.49. The summed E-state index contributed by atoms with van der Waals surface area (Å²) in [6.07, 6.45) is -1.38. The van der Waals surface area contributed by atoms with Crippen LogP contribution in [-0.4, -0.2) is 15.8 Å². The maximum absolute atomic E-state index is 10.2. The van der Waals surface area contributed by atoms with Gasteiger partial charge in [0.1, 0.15) is 0 Å². The lowest BCUT2D eigenvalue weighted by Crippen LogP contribution is -2.24. The number of ether oxygens (including phenoxy) is 1. The van der Waals surface area contributed by atoms with Crippen LogP contribution in [0.4, 0.5) is 4.79 Å². The number of carboxylic acid groups (broad SMARTS) is 1. The highest BCUT2D eigenvalue weighted by atomic mass is 35.5. The van der Waals surface area contributed by atoms with E-state index in [1.54, 1.807) is 24.3 Å². The normalized spacial score (nSPS) is 11.0. The lowest BCUT2D eigenvalue weighted by atomic mass is 10.2. The smallest absolute Gasteiger partial charge is 0.450 e. The van der Waals surface area contributed by atoms with Gasteiger partial charge in [-0.2, -0.15) is 0 Å². The summed E-state index contributed by atoms with van der Waals surface area (Å²) < 4.78 is 2.56. The molecule has 0 atom stereocenters. The quantitative estimate of drug-likeness (QED) is 0.646. The van der Waals surface area contributed by atoms with Crippen LogP contribution in [0.2, 0.25) is 0 Å². The summed E-state index contributed by atoms with van der Waals surface area (Å²) in [5.41, 5.74) is 0.804. The van der Waals surface area contributed by atoms with Gasteiger partial charge >= 0.3 is 6.16 Å². The Labute approximate surface area is 91.2 Å². The molecule has 0 aromatic heterocycles. The first-order valence-corrected chi connectivity index (χ1v) is 4.59. The number of halogens is 2. The molecule has 0 fully saturated rings. The summed E-state index contributed by atoms with van der Waals surface area (Å²) in [6.45, 7) is 0. The number of hydrogen-bond donors (Lipinski definition) is 1. The Morgan fingerprint density at radius 1 is 1.36 bits per heavy atom. The molecule has 0 radical (unpaired) electrons. The molecule has 1 aromatic rings. The zero-order chi connectivity index (χ0) is 10.6. The number of rotatable bonds is 3. The first kappa shape index (κ1) is 11.1. The monoisotopic (exact) mass is 234 g/mol. The highest BCUT2D eigenvalue weighted by Gasteiger charge is 2.29. The maximum Gasteiger partial charge on any atom is 0.508 e. The third-order valence-corrected chi connectivity index (χ3v) is 1.91. The van der Waals surface area contributed by atoms with Crippen LogP contribution in [0.3, 0.4) is 0 Å². The molecule has 1 aromatic carbocycles. The SMILES string of the molecule is O=C(O)OC(Cl)(Cl)Cc1ccccc1. The molecule has 76 valence electrons. The highest BCUT2D eigenvalue weighted by molar-refractivity contribution is 6.47. The topological polar surface area (TPSA) is 46.5 Å². The minimum absolute atomic E-state index is 0.114. The molecule has 0 saturated heterocycles. The molecular weight excluding hydrogens is 227 g/mol. The summed E-state index contributed by atoms with van der Waals surface area (Å²) in [5, 5.41) is 8.34. The van der Waals surface area contributed by atoms with Gasteiger partial charge in [0.15, 0.2) is 0 Å². The van der Waals surface area contributed by atoms with E-state index in [4.69, 9.17) is 28.3 Å². The number of hydrogen-bond acceptors (Lipinski definition) is 2. The highest BCUT2D eigenvalue weighted by Crippen LogP contribution is 2.27. The molecule has 0 aliphatic rings. The minimum Gasteiger partial charge on any atom is -0.450 e. The summed E-state index contributed by atoms with van der Waals surface area (Å²) in [7, 11) is 0. The van der Waals surface area contributed by atoms with Crippen LogP contribution in [-0.2, 0) is 11.2 Å². The molecule has 0 aliphatic heterocycles. The van der Waals surface area contributed by atoms with Gasteiger partial charge in [0, 0.05) is 6.42 Å². The van der Waals surface area contributed by atoms with Crippen molar-refractivity contribution < 1.29 is 14.6 Å². The Kier molecular flexibility index (Phi) is 3.61. The summed E-state index contributed by atoms with van der Waals surface area (Å²) in [4.78, 5) is 10.2. The van der Waals surface area contributed by atoms with Gasteiger partial charge in [-0.15, -0.1) is 0 Å². The molecule has 14 heavy (non-hydrogen) atoms. The van der Waals surface area contributed by atoms with Gasteiger partial charge in [-0.3, -0.25) is 0 Å². The minimum atomic E-state index is -1.73. The van der Waals surface area contributed by atoms with Crippen molar-refractivity contribution in [2.75, 3.05) is 0 Å². The van der Waals surface area contributed by atoms with Crippen LogP contribution in [0.15, 0.2) is 30.3 Å². The third-order valence-electron chi connectivity index (χ3n) is 1.49. The van der Waals surface area contributed by atoms with Gasteiger partial charge < -0.3 is 9.84 Å². The Morgan fingerprint density at radius 3 is 2.43 bits per heavy atom. The van der Waals surface area contributed by atoms with Crippen molar-refractivity contribution in [3.05, 3.63) is 35.9 Å². The Bertz CT molecular complexity index is 311. The fourth-order valence-electron chi connectivity index (χ4n) is 0.997. The Balaban J connectivity index is 2.63. The van der Waals surface area contributed by atoms with E-state index in [-0.39, 0.29) is 6.42 Å². The molecule has 0 unspecified atom stereocenters. The van der Waals surface area contributed by atoms with E-state index in [1.165, 1.54) is 0 Å². The molecule has 1 N–H and O–H groups in total. The fraction of sp³-hybridized carbons (Fsp3) is 0.222. The van der Waals surface area contributed by atoms with Gasteiger partial charge in [0.05, 0.1) is 0 Å². The van der Waals surface area contributed by atoms with Crippen LogP contribution in [0.25, 0.3) is 0 Å². The summed E-state index contributed by atoms with van der Waals surface area (Å²) in [5.74, 6) is 0. The lowest BCUT2D eigenvalue weighted by Gasteiger charge is -2.17. The molecule has 0 aliphatic carbocycles. The van der Waals surface area contributed by atoms with Gasteiger partial charge in [-0.25, -0.2) is 4.79 Å². The van der Waals surface area contributed by atoms with E-state index in [0.717, 1.165) is 5.56 Å². The van der Waals surface area contributed by atoms with Crippen molar-refractivity contribution >= 4 is 29.4 Å². The van der Waals surface area contributed by atoms with Gasteiger partial charge in [0.25, 0.3) is 4.52 Å². The van der Waals surface area contributed by atoms with Crippen molar-refractivity contribution in [1.82, 2.24) is 0 Å². The Morgan fingerprint density at radius 2 is 1.93 bits per heavy atom.